The zero-order chi connectivity index (χ0) is 16.2. The maximum atomic E-state index is 12.7. The Labute approximate surface area is 136 Å². The van der Waals surface area contributed by atoms with Gasteiger partial charge in [0.05, 0.1) is 11.3 Å². The van der Waals surface area contributed by atoms with Crippen LogP contribution in [0.3, 0.4) is 0 Å². The number of carbonyl (C=O) groups excluding carboxylic acids is 1. The van der Waals surface area contributed by atoms with Gasteiger partial charge in [-0.1, -0.05) is 12.2 Å². The smallest absolute Gasteiger partial charge is 0.312 e. The molecule has 0 aromatic heterocycles. The second-order valence-electron chi connectivity index (χ2n) is 9.01. The summed E-state index contributed by atoms with van der Waals surface area (Å²) in [5, 5.41) is 10.2. The Balaban J connectivity index is 1.75. The van der Waals surface area contributed by atoms with Crippen LogP contribution in [0.4, 0.5) is 0 Å². The number of carbonyl (C=O) groups is 2. The van der Waals surface area contributed by atoms with Gasteiger partial charge in [-0.15, -0.1) is 0 Å². The van der Waals surface area contributed by atoms with E-state index in [9.17, 15) is 14.7 Å². The highest BCUT2D eigenvalue weighted by molar-refractivity contribution is 5.84. The average molecular weight is 316 g/mol. The summed E-state index contributed by atoms with van der Waals surface area (Å²) in [7, 11) is 0. The van der Waals surface area contributed by atoms with E-state index in [4.69, 9.17) is 4.74 Å². The van der Waals surface area contributed by atoms with Crippen LogP contribution < -0.4 is 0 Å². The van der Waals surface area contributed by atoms with Crippen LogP contribution in [0.15, 0.2) is 12.2 Å². The Bertz CT molecular complexity index is 654. The average Bonchev–Trinajstić information content (AvgIpc) is 2.92. The molecule has 1 N–H and O–H groups in total. The van der Waals surface area contributed by atoms with Crippen molar-refractivity contribution in [2.24, 2.45) is 34.5 Å². The normalized spacial score (nSPS) is 56.2. The van der Waals surface area contributed by atoms with Crippen LogP contribution >= 0.6 is 0 Å². The Morgan fingerprint density at radius 1 is 1.35 bits per heavy atom. The number of hydrogen-bond donors (Lipinski definition) is 1. The van der Waals surface area contributed by atoms with E-state index in [2.05, 4.69) is 6.58 Å². The standard InChI is InChI=1S/C19H24O4/c1-10-8-18-9-11(10)4-5-12(18)19-7-3-6-17(2,16(22)23-19)14(19)13(18)15(20)21/h11-14H,1,3-9H2,2H3,(H,20,21)/t11-,12+,13+,14+,17-,18-,19?/m0/s1. The molecular weight excluding hydrogens is 292 g/mol. The van der Waals surface area contributed by atoms with E-state index >= 15 is 0 Å². The maximum absolute atomic E-state index is 12.7. The lowest BCUT2D eigenvalue weighted by atomic mass is 9.60. The molecule has 0 radical (unpaired) electrons. The van der Waals surface area contributed by atoms with E-state index < -0.39 is 22.9 Å². The third-order valence-electron chi connectivity index (χ3n) is 8.29. The summed E-state index contributed by atoms with van der Waals surface area (Å²) in [6, 6.07) is 0. The molecule has 1 spiro atoms. The van der Waals surface area contributed by atoms with Crippen molar-refractivity contribution in [3.05, 3.63) is 12.2 Å². The number of rotatable bonds is 1. The molecule has 0 aromatic carbocycles. The summed E-state index contributed by atoms with van der Waals surface area (Å²) in [4.78, 5) is 25.0. The van der Waals surface area contributed by atoms with Crippen molar-refractivity contribution in [3.8, 4) is 0 Å². The molecule has 5 rings (SSSR count). The van der Waals surface area contributed by atoms with Gasteiger partial charge < -0.3 is 9.84 Å². The Morgan fingerprint density at radius 3 is 2.87 bits per heavy atom. The van der Waals surface area contributed by atoms with Gasteiger partial charge in [0.15, 0.2) is 0 Å². The van der Waals surface area contributed by atoms with Gasteiger partial charge in [-0.3, -0.25) is 9.59 Å². The van der Waals surface area contributed by atoms with Gasteiger partial charge in [0.25, 0.3) is 0 Å². The molecule has 1 aliphatic heterocycles. The maximum Gasteiger partial charge on any atom is 0.312 e. The first kappa shape index (κ1) is 14.1. The van der Waals surface area contributed by atoms with E-state index in [1.807, 2.05) is 6.92 Å². The molecule has 5 fully saturated rings. The van der Waals surface area contributed by atoms with Crippen LogP contribution in [0.2, 0.25) is 0 Å². The number of hydrogen-bond acceptors (Lipinski definition) is 3. The molecule has 4 aliphatic carbocycles. The number of carboxylic acid groups (broad SMARTS) is 1. The van der Waals surface area contributed by atoms with E-state index in [0.717, 1.165) is 44.9 Å². The molecule has 0 amide bonds. The zero-order valence-corrected chi connectivity index (χ0v) is 13.6. The molecule has 23 heavy (non-hydrogen) atoms. The lowest BCUT2D eigenvalue weighted by Crippen LogP contribution is -2.47. The van der Waals surface area contributed by atoms with Crippen molar-refractivity contribution in [1.29, 1.82) is 0 Å². The van der Waals surface area contributed by atoms with E-state index in [-0.39, 0.29) is 23.2 Å². The lowest BCUT2D eigenvalue weighted by Gasteiger charge is -2.43. The second kappa shape index (κ2) is 3.84. The van der Waals surface area contributed by atoms with Gasteiger partial charge in [0.2, 0.25) is 0 Å². The third-order valence-corrected chi connectivity index (χ3v) is 8.29. The Morgan fingerprint density at radius 2 is 2.13 bits per heavy atom. The van der Waals surface area contributed by atoms with E-state index in [1.54, 1.807) is 0 Å². The van der Waals surface area contributed by atoms with Crippen LogP contribution in [-0.2, 0) is 14.3 Å². The Kier molecular flexibility index (Phi) is 2.35. The van der Waals surface area contributed by atoms with Crippen molar-refractivity contribution in [2.45, 2.75) is 57.5 Å². The lowest BCUT2D eigenvalue weighted by molar-refractivity contribution is -0.160. The van der Waals surface area contributed by atoms with Gasteiger partial charge in [-0.2, -0.15) is 0 Å². The van der Waals surface area contributed by atoms with Gasteiger partial charge in [-0.25, -0.2) is 0 Å². The predicted octanol–water partition coefficient (Wildman–Crippen LogP) is 3.17. The molecule has 1 saturated heterocycles. The number of aliphatic carboxylic acids is 1. The van der Waals surface area contributed by atoms with Crippen molar-refractivity contribution < 1.29 is 19.4 Å². The number of allylic oxidation sites excluding steroid dienone is 1. The van der Waals surface area contributed by atoms with Gasteiger partial charge in [-0.05, 0) is 63.2 Å². The summed E-state index contributed by atoms with van der Waals surface area (Å²) in [5.74, 6) is -0.771. The number of ether oxygens (including phenoxy) is 1. The van der Waals surface area contributed by atoms with Crippen LogP contribution in [0.1, 0.15) is 51.9 Å². The minimum atomic E-state index is -0.719. The highest BCUT2D eigenvalue weighted by Gasteiger charge is 2.81. The molecule has 4 saturated carbocycles. The summed E-state index contributed by atoms with van der Waals surface area (Å²) >= 11 is 0. The first-order valence-electron chi connectivity index (χ1n) is 8.99. The summed E-state index contributed by atoms with van der Waals surface area (Å²) in [6.45, 7) is 6.22. The second-order valence-corrected chi connectivity index (χ2v) is 9.01. The molecule has 0 aromatic rings. The van der Waals surface area contributed by atoms with Crippen LogP contribution in [-0.4, -0.2) is 22.6 Å². The zero-order valence-electron chi connectivity index (χ0n) is 13.6. The third kappa shape index (κ3) is 1.29. The number of fused-ring (bicyclic) bond motifs is 1. The van der Waals surface area contributed by atoms with Crippen LogP contribution in [0.5, 0.6) is 0 Å². The number of esters is 1. The molecule has 5 aliphatic rings. The monoisotopic (exact) mass is 316 g/mol. The van der Waals surface area contributed by atoms with Gasteiger partial charge >= 0.3 is 11.9 Å². The minimum absolute atomic E-state index is 0.139. The predicted molar refractivity (Wildman–Crippen MR) is 82.4 cm³/mol. The topological polar surface area (TPSA) is 63.6 Å². The molecule has 7 atom stereocenters. The van der Waals surface area contributed by atoms with Crippen molar-refractivity contribution >= 4 is 11.9 Å². The quantitative estimate of drug-likeness (QED) is 0.596. The van der Waals surface area contributed by atoms with Gasteiger partial charge in [0.1, 0.15) is 5.60 Å². The molecule has 4 bridgehead atoms. The fraction of sp³-hybridized carbons (Fsp3) is 0.789. The first-order chi connectivity index (χ1) is 10.9. The van der Waals surface area contributed by atoms with Crippen molar-refractivity contribution in [3.63, 3.8) is 0 Å². The SMILES string of the molecule is C=C1C[C@]23C[C@@H]1CC[C@H]2C12CCC[C@](C)(C(=O)O1)[C@H]2[C@@H]3C(=O)O. The molecular formula is C19H24O4. The highest BCUT2D eigenvalue weighted by Crippen LogP contribution is 2.77. The van der Waals surface area contributed by atoms with Gasteiger partial charge in [0, 0.05) is 11.8 Å². The van der Waals surface area contributed by atoms with E-state index in [0.29, 0.717) is 5.92 Å². The molecule has 4 heteroatoms. The molecule has 124 valence electrons. The first-order valence-corrected chi connectivity index (χ1v) is 8.99. The molecule has 1 heterocycles. The van der Waals surface area contributed by atoms with Crippen molar-refractivity contribution in [1.82, 2.24) is 0 Å². The summed E-state index contributed by atoms with van der Waals surface area (Å²) in [6.07, 6.45) is 6.45. The van der Waals surface area contributed by atoms with Crippen LogP contribution in [0.25, 0.3) is 0 Å². The fourth-order valence-electron chi connectivity index (χ4n) is 7.70. The fourth-order valence-corrected chi connectivity index (χ4v) is 7.70. The number of carboxylic acids is 1. The van der Waals surface area contributed by atoms with Crippen LogP contribution in [0, 0.1) is 34.5 Å². The minimum Gasteiger partial charge on any atom is -0.481 e. The Hall–Kier alpha value is -1.32. The van der Waals surface area contributed by atoms with E-state index in [1.165, 1.54) is 5.57 Å². The molecule has 1 unspecified atom stereocenters. The van der Waals surface area contributed by atoms with Crippen molar-refractivity contribution in [2.75, 3.05) is 0 Å². The largest absolute Gasteiger partial charge is 0.481 e. The summed E-state index contributed by atoms with van der Waals surface area (Å²) < 4.78 is 6.10. The molecule has 4 nitrogen and oxygen atoms in total. The summed E-state index contributed by atoms with van der Waals surface area (Å²) in [5.41, 5.74) is -0.0978. The highest BCUT2D eigenvalue weighted by atomic mass is 16.6.